The molecule has 3 nitrogen and oxygen atoms in total. The molecule has 0 N–H and O–H groups in total. The fourth-order valence-corrected chi connectivity index (χ4v) is 7.69. The number of para-hydroxylation sites is 2. The second kappa shape index (κ2) is 13.9. The molecule has 258 valence electrons. The fourth-order valence-electron chi connectivity index (χ4n) is 7.69. The molecule has 10 rings (SSSR count). The van der Waals surface area contributed by atoms with Gasteiger partial charge in [-0.1, -0.05) is 176 Å². The van der Waals surface area contributed by atoms with Crippen molar-refractivity contribution in [1.29, 1.82) is 0 Å². The van der Waals surface area contributed by atoms with Crippen molar-refractivity contribution < 1.29 is 4.42 Å². The van der Waals surface area contributed by atoms with Crippen LogP contribution >= 0.6 is 0 Å². The van der Waals surface area contributed by atoms with Crippen molar-refractivity contribution >= 4 is 21.9 Å². The topological polar surface area (TPSA) is 38.9 Å². The van der Waals surface area contributed by atoms with Crippen LogP contribution in [-0.4, -0.2) is 9.97 Å². The second-order valence-electron chi connectivity index (χ2n) is 13.7. The molecule has 0 bridgehead atoms. The molecule has 0 fully saturated rings. The summed E-state index contributed by atoms with van der Waals surface area (Å²) in [5.41, 5.74) is 15.3. The van der Waals surface area contributed by atoms with Gasteiger partial charge in [-0.3, -0.25) is 0 Å². The number of hydrogen-bond donors (Lipinski definition) is 0. The standard InChI is InChI=1S/C52H34N2O/c1-4-17-35(18-5-1)41-23-10-11-25-43(41)38-31-39(44-28-16-29-46-45-26-14-15-30-50(45)55-51(44)46)33-40(32-38)49-34-48(37-21-8-3-9-22-37)53-52(54-49)47-27-13-12-24-42(47)36-19-6-2-7-20-36/h1-34H. The molecule has 0 atom stereocenters. The molecule has 0 amide bonds. The molecule has 55 heavy (non-hydrogen) atoms. The minimum absolute atomic E-state index is 0.673. The summed E-state index contributed by atoms with van der Waals surface area (Å²) in [6.45, 7) is 0. The summed E-state index contributed by atoms with van der Waals surface area (Å²) in [5, 5.41) is 2.20. The minimum atomic E-state index is 0.673. The Labute approximate surface area is 319 Å². The number of furan rings is 1. The van der Waals surface area contributed by atoms with E-state index in [9.17, 15) is 0 Å². The van der Waals surface area contributed by atoms with Crippen molar-refractivity contribution in [3.05, 3.63) is 206 Å². The van der Waals surface area contributed by atoms with Gasteiger partial charge in [-0.25, -0.2) is 9.97 Å². The van der Waals surface area contributed by atoms with Gasteiger partial charge in [-0.2, -0.15) is 0 Å². The lowest BCUT2D eigenvalue weighted by Crippen LogP contribution is -1.98. The van der Waals surface area contributed by atoms with Crippen molar-refractivity contribution in [3.63, 3.8) is 0 Å². The zero-order valence-corrected chi connectivity index (χ0v) is 29.9. The first kappa shape index (κ1) is 32.3. The maximum Gasteiger partial charge on any atom is 0.161 e. The minimum Gasteiger partial charge on any atom is -0.455 e. The van der Waals surface area contributed by atoms with Crippen molar-refractivity contribution in [2.75, 3.05) is 0 Å². The van der Waals surface area contributed by atoms with E-state index in [0.29, 0.717) is 5.82 Å². The number of rotatable bonds is 7. The number of fused-ring (bicyclic) bond motifs is 3. The zero-order valence-electron chi connectivity index (χ0n) is 29.9. The lowest BCUT2D eigenvalue weighted by Gasteiger charge is -2.16. The van der Waals surface area contributed by atoms with Crippen LogP contribution in [0.5, 0.6) is 0 Å². The molecule has 0 aliphatic heterocycles. The van der Waals surface area contributed by atoms with E-state index >= 15 is 0 Å². The van der Waals surface area contributed by atoms with E-state index in [1.807, 2.05) is 24.3 Å². The zero-order chi connectivity index (χ0) is 36.6. The SMILES string of the molecule is c1ccc(-c2cc(-c3cc(-c4ccccc4-c4ccccc4)cc(-c4cccc5c4oc4ccccc45)c3)nc(-c3ccccc3-c3ccccc3)n2)cc1. The predicted octanol–water partition coefficient (Wildman–Crippen LogP) is 14.0. The Kier molecular flexibility index (Phi) is 8.16. The van der Waals surface area contributed by atoms with Gasteiger partial charge in [0.15, 0.2) is 5.82 Å². The van der Waals surface area contributed by atoms with Crippen LogP contribution in [0.4, 0.5) is 0 Å². The molecular weight excluding hydrogens is 669 g/mol. The van der Waals surface area contributed by atoms with E-state index in [4.69, 9.17) is 14.4 Å². The quantitative estimate of drug-likeness (QED) is 0.166. The van der Waals surface area contributed by atoms with E-state index in [0.717, 1.165) is 89.0 Å². The van der Waals surface area contributed by atoms with Gasteiger partial charge in [0.25, 0.3) is 0 Å². The lowest BCUT2D eigenvalue weighted by molar-refractivity contribution is 0.670. The lowest BCUT2D eigenvalue weighted by atomic mass is 9.90. The van der Waals surface area contributed by atoms with Crippen LogP contribution in [0.15, 0.2) is 211 Å². The fraction of sp³-hybridized carbons (Fsp3) is 0. The van der Waals surface area contributed by atoms with E-state index in [2.05, 4.69) is 182 Å². The monoisotopic (exact) mass is 702 g/mol. The first-order chi connectivity index (χ1) is 27.3. The largest absolute Gasteiger partial charge is 0.455 e. The predicted molar refractivity (Wildman–Crippen MR) is 227 cm³/mol. The van der Waals surface area contributed by atoms with E-state index in [-0.39, 0.29) is 0 Å². The molecule has 0 radical (unpaired) electrons. The van der Waals surface area contributed by atoms with E-state index in [1.165, 1.54) is 5.56 Å². The van der Waals surface area contributed by atoms with Gasteiger partial charge < -0.3 is 4.42 Å². The first-order valence-electron chi connectivity index (χ1n) is 18.6. The summed E-state index contributed by atoms with van der Waals surface area (Å²) in [6.07, 6.45) is 0. The number of aromatic nitrogens is 2. The molecule has 0 aliphatic carbocycles. The molecule has 0 saturated heterocycles. The van der Waals surface area contributed by atoms with Crippen LogP contribution < -0.4 is 0 Å². The van der Waals surface area contributed by atoms with Gasteiger partial charge in [0.2, 0.25) is 0 Å². The Bertz CT molecular complexity index is 2970. The molecule has 8 aromatic carbocycles. The van der Waals surface area contributed by atoms with Gasteiger partial charge in [0.1, 0.15) is 11.2 Å². The smallest absolute Gasteiger partial charge is 0.161 e. The summed E-state index contributed by atoms with van der Waals surface area (Å²) in [4.78, 5) is 10.6. The van der Waals surface area contributed by atoms with Gasteiger partial charge in [0.05, 0.1) is 11.4 Å². The maximum atomic E-state index is 6.61. The average Bonchev–Trinajstić information content (AvgIpc) is 3.66. The third-order valence-electron chi connectivity index (χ3n) is 10.3. The number of nitrogens with zero attached hydrogens (tertiary/aromatic N) is 2. The molecule has 0 saturated carbocycles. The van der Waals surface area contributed by atoms with Gasteiger partial charge in [0, 0.05) is 33.0 Å². The Morgan fingerprint density at radius 1 is 0.291 bits per heavy atom. The molecule has 0 spiro atoms. The van der Waals surface area contributed by atoms with Crippen molar-refractivity contribution in [3.8, 4) is 78.4 Å². The summed E-state index contributed by atoms with van der Waals surface area (Å²) >= 11 is 0. The van der Waals surface area contributed by atoms with Gasteiger partial charge in [-0.15, -0.1) is 0 Å². The van der Waals surface area contributed by atoms with Crippen molar-refractivity contribution in [2.24, 2.45) is 0 Å². The van der Waals surface area contributed by atoms with Crippen LogP contribution in [0.3, 0.4) is 0 Å². The Morgan fingerprint density at radius 3 is 1.38 bits per heavy atom. The molecule has 10 aromatic rings. The Morgan fingerprint density at radius 2 is 0.727 bits per heavy atom. The third-order valence-corrected chi connectivity index (χ3v) is 10.3. The van der Waals surface area contributed by atoms with Gasteiger partial charge >= 0.3 is 0 Å². The first-order valence-corrected chi connectivity index (χ1v) is 18.6. The van der Waals surface area contributed by atoms with Crippen LogP contribution in [0.2, 0.25) is 0 Å². The summed E-state index contributed by atoms with van der Waals surface area (Å²) in [7, 11) is 0. The van der Waals surface area contributed by atoms with Crippen LogP contribution in [0.1, 0.15) is 0 Å². The third kappa shape index (κ3) is 6.08. The summed E-state index contributed by atoms with van der Waals surface area (Å²) in [6, 6.07) is 72.1. The maximum absolute atomic E-state index is 6.61. The molecule has 0 aliphatic rings. The van der Waals surface area contributed by atoms with Crippen LogP contribution in [-0.2, 0) is 0 Å². The Hall–Kier alpha value is -7.36. The second-order valence-corrected chi connectivity index (χ2v) is 13.7. The normalized spacial score (nSPS) is 11.3. The van der Waals surface area contributed by atoms with Crippen molar-refractivity contribution in [1.82, 2.24) is 9.97 Å². The average molecular weight is 703 g/mol. The molecular formula is C52H34N2O. The number of hydrogen-bond acceptors (Lipinski definition) is 3. The molecule has 0 unspecified atom stereocenters. The number of benzene rings is 8. The summed E-state index contributed by atoms with van der Waals surface area (Å²) < 4.78 is 6.61. The van der Waals surface area contributed by atoms with Crippen LogP contribution in [0.25, 0.3) is 100 Å². The highest BCUT2D eigenvalue weighted by Gasteiger charge is 2.19. The highest BCUT2D eigenvalue weighted by atomic mass is 16.3. The van der Waals surface area contributed by atoms with Crippen LogP contribution in [0, 0.1) is 0 Å². The Balaban J connectivity index is 1.24. The molecule has 2 heterocycles. The van der Waals surface area contributed by atoms with E-state index < -0.39 is 0 Å². The highest BCUT2D eigenvalue weighted by Crippen LogP contribution is 2.42. The van der Waals surface area contributed by atoms with Crippen molar-refractivity contribution in [2.45, 2.75) is 0 Å². The van der Waals surface area contributed by atoms with E-state index in [1.54, 1.807) is 0 Å². The van der Waals surface area contributed by atoms with Gasteiger partial charge in [-0.05, 0) is 69.3 Å². The molecule has 3 heteroatoms. The highest BCUT2D eigenvalue weighted by molar-refractivity contribution is 6.10. The molecule has 2 aromatic heterocycles. The summed E-state index contributed by atoms with van der Waals surface area (Å²) in [5.74, 6) is 0.673.